The van der Waals surface area contributed by atoms with Gasteiger partial charge in [0.25, 0.3) is 5.91 Å². The van der Waals surface area contributed by atoms with Crippen LogP contribution in [0.1, 0.15) is 6.42 Å². The Morgan fingerprint density at radius 1 is 1.29 bits per heavy atom. The van der Waals surface area contributed by atoms with E-state index in [4.69, 9.17) is 9.84 Å². The number of guanidine groups is 1. The molecule has 28 heavy (non-hydrogen) atoms. The number of imide groups is 1. The summed E-state index contributed by atoms with van der Waals surface area (Å²) in [5, 5.41) is 24.8. The van der Waals surface area contributed by atoms with Crippen molar-refractivity contribution in [3.63, 3.8) is 0 Å². The van der Waals surface area contributed by atoms with Gasteiger partial charge in [0, 0.05) is 20.2 Å². The van der Waals surface area contributed by atoms with Crippen molar-refractivity contribution in [2.24, 2.45) is 4.99 Å². The number of urea groups is 1. The monoisotopic (exact) mass is 391 g/mol. The zero-order valence-corrected chi connectivity index (χ0v) is 15.6. The van der Waals surface area contributed by atoms with Gasteiger partial charge in [0.15, 0.2) is 12.0 Å². The minimum Gasteiger partial charge on any atom is -0.491 e. The summed E-state index contributed by atoms with van der Waals surface area (Å²) in [6, 6.07) is 7.90. The van der Waals surface area contributed by atoms with Crippen molar-refractivity contribution in [3.05, 3.63) is 30.3 Å². The lowest BCUT2D eigenvalue weighted by molar-refractivity contribution is -0.127. The van der Waals surface area contributed by atoms with Crippen LogP contribution in [0.25, 0.3) is 0 Å². The molecule has 152 valence electrons. The first-order valence-electron chi connectivity index (χ1n) is 9.13. The molecule has 4 N–H and O–H groups in total. The zero-order chi connectivity index (χ0) is 20.1. The minimum absolute atomic E-state index is 0.00392. The summed E-state index contributed by atoms with van der Waals surface area (Å²) >= 11 is 0. The predicted octanol–water partition coefficient (Wildman–Crippen LogP) is -1.05. The van der Waals surface area contributed by atoms with Crippen molar-refractivity contribution in [1.29, 1.82) is 0 Å². The minimum atomic E-state index is -0.889. The van der Waals surface area contributed by atoms with Gasteiger partial charge in [0.2, 0.25) is 0 Å². The number of β-amino-alcohol motifs (C(OH)–C–C–N with tert-alkyl or cyclic N) is 1. The molecule has 2 aliphatic rings. The predicted molar refractivity (Wildman–Crippen MR) is 101 cm³/mol. The van der Waals surface area contributed by atoms with Crippen molar-refractivity contribution in [2.45, 2.75) is 24.7 Å². The van der Waals surface area contributed by atoms with Gasteiger partial charge in [-0.3, -0.25) is 15.1 Å². The highest BCUT2D eigenvalue weighted by molar-refractivity contribution is 6.04. The van der Waals surface area contributed by atoms with E-state index in [0.29, 0.717) is 24.7 Å². The number of benzene rings is 1. The van der Waals surface area contributed by atoms with E-state index in [2.05, 4.69) is 15.6 Å². The van der Waals surface area contributed by atoms with Gasteiger partial charge in [-0.05, 0) is 18.6 Å². The van der Waals surface area contributed by atoms with Gasteiger partial charge >= 0.3 is 6.03 Å². The Morgan fingerprint density at radius 2 is 2.04 bits per heavy atom. The van der Waals surface area contributed by atoms with E-state index in [0.717, 1.165) is 0 Å². The molecule has 0 aliphatic carbocycles. The SMILES string of the molecule is CN1C(=O)NC(=O)C2C1NC(=NCCCO)N2CC(O)COc1ccccc1. The van der Waals surface area contributed by atoms with E-state index in [1.165, 1.54) is 4.90 Å². The number of amides is 3. The fourth-order valence-corrected chi connectivity index (χ4v) is 3.16. The van der Waals surface area contributed by atoms with Crippen LogP contribution in [0.3, 0.4) is 0 Å². The normalized spacial score (nSPS) is 24.0. The molecule has 3 rings (SSSR count). The van der Waals surface area contributed by atoms with E-state index >= 15 is 0 Å². The van der Waals surface area contributed by atoms with Crippen molar-refractivity contribution in [2.75, 3.05) is 33.4 Å². The van der Waals surface area contributed by atoms with E-state index in [1.54, 1.807) is 24.1 Å². The van der Waals surface area contributed by atoms with Crippen molar-refractivity contribution < 1.29 is 24.5 Å². The molecule has 0 radical (unpaired) electrons. The zero-order valence-electron chi connectivity index (χ0n) is 15.6. The topological polar surface area (TPSA) is 127 Å². The lowest BCUT2D eigenvalue weighted by atomic mass is 10.1. The van der Waals surface area contributed by atoms with E-state index < -0.39 is 30.2 Å². The molecule has 10 heteroatoms. The lowest BCUT2D eigenvalue weighted by Gasteiger charge is -2.35. The molecular formula is C18H25N5O5. The molecule has 3 unspecified atom stereocenters. The van der Waals surface area contributed by atoms with Crippen LogP contribution in [0.5, 0.6) is 5.75 Å². The number of hydrogen-bond donors (Lipinski definition) is 4. The molecule has 2 aliphatic heterocycles. The molecule has 2 saturated heterocycles. The van der Waals surface area contributed by atoms with Crippen LogP contribution in [0.2, 0.25) is 0 Å². The third-order valence-electron chi connectivity index (χ3n) is 4.59. The maximum absolute atomic E-state index is 12.4. The number of aliphatic hydroxyl groups excluding tert-OH is 2. The van der Waals surface area contributed by atoms with Crippen LogP contribution in [-0.4, -0.2) is 89.6 Å². The van der Waals surface area contributed by atoms with Gasteiger partial charge in [-0.2, -0.15) is 0 Å². The number of likely N-dealkylation sites (N-methyl/N-ethyl adjacent to an activating group) is 1. The van der Waals surface area contributed by atoms with Gasteiger partial charge in [0.05, 0.1) is 6.54 Å². The Hall–Kier alpha value is -2.85. The van der Waals surface area contributed by atoms with Crippen LogP contribution in [0, 0.1) is 0 Å². The van der Waals surface area contributed by atoms with Crippen LogP contribution >= 0.6 is 0 Å². The molecule has 2 heterocycles. The quantitative estimate of drug-likeness (QED) is 0.416. The average molecular weight is 391 g/mol. The highest BCUT2D eigenvalue weighted by Crippen LogP contribution is 2.21. The highest BCUT2D eigenvalue weighted by Gasteiger charge is 2.50. The fraction of sp³-hybridized carbons (Fsp3) is 0.500. The number of nitrogens with one attached hydrogen (secondary N) is 2. The first-order chi connectivity index (χ1) is 13.5. The molecule has 0 bridgehead atoms. The summed E-state index contributed by atoms with van der Waals surface area (Å²) in [6.07, 6.45) is -1.01. The number of aliphatic hydroxyl groups is 2. The molecule has 0 saturated carbocycles. The smallest absolute Gasteiger partial charge is 0.325 e. The number of ether oxygens (including phenoxy) is 1. The molecule has 3 amide bonds. The van der Waals surface area contributed by atoms with Gasteiger partial charge < -0.3 is 30.1 Å². The standard InChI is InChI=1S/C18H25N5O5/c1-22-15-14(16(26)21-18(22)27)23(17(20-15)19-8-5-9-24)10-12(25)11-28-13-6-3-2-4-7-13/h2-4,6-7,12,14-15,24-25H,5,8-11H2,1H3,(H,19,20)(H,21,26,27). The average Bonchev–Trinajstić information content (AvgIpc) is 3.04. The number of para-hydroxylation sites is 1. The number of rotatable bonds is 8. The van der Waals surface area contributed by atoms with Crippen LogP contribution in [-0.2, 0) is 4.79 Å². The molecule has 3 atom stereocenters. The van der Waals surface area contributed by atoms with Gasteiger partial charge in [-0.25, -0.2) is 4.79 Å². The highest BCUT2D eigenvalue weighted by atomic mass is 16.5. The van der Waals surface area contributed by atoms with Crippen molar-refractivity contribution in [3.8, 4) is 5.75 Å². The van der Waals surface area contributed by atoms with Crippen LogP contribution in [0.15, 0.2) is 35.3 Å². The Bertz CT molecular complexity index is 728. The van der Waals surface area contributed by atoms with Crippen LogP contribution in [0.4, 0.5) is 4.79 Å². The molecule has 1 aromatic rings. The maximum Gasteiger partial charge on any atom is 0.325 e. The molecule has 0 spiro atoms. The first-order valence-corrected chi connectivity index (χ1v) is 9.13. The molecule has 1 aromatic carbocycles. The molecule has 0 aromatic heterocycles. The van der Waals surface area contributed by atoms with Crippen molar-refractivity contribution >= 4 is 17.9 Å². The largest absolute Gasteiger partial charge is 0.491 e. The lowest BCUT2D eigenvalue weighted by Crippen LogP contribution is -2.65. The fourth-order valence-electron chi connectivity index (χ4n) is 3.16. The molecular weight excluding hydrogens is 366 g/mol. The van der Waals surface area contributed by atoms with Gasteiger partial charge in [-0.15, -0.1) is 0 Å². The van der Waals surface area contributed by atoms with Gasteiger partial charge in [-0.1, -0.05) is 18.2 Å². The first kappa shape index (κ1) is 19.9. The third kappa shape index (κ3) is 4.34. The van der Waals surface area contributed by atoms with Gasteiger partial charge in [0.1, 0.15) is 24.6 Å². The number of nitrogens with zero attached hydrogens (tertiary/aromatic N) is 3. The second-order valence-corrected chi connectivity index (χ2v) is 6.65. The van der Waals surface area contributed by atoms with Crippen LogP contribution < -0.4 is 15.4 Å². The van der Waals surface area contributed by atoms with Crippen molar-refractivity contribution in [1.82, 2.24) is 20.4 Å². The summed E-state index contributed by atoms with van der Waals surface area (Å²) < 4.78 is 5.58. The molecule has 2 fully saturated rings. The van der Waals surface area contributed by atoms with E-state index in [1.807, 2.05) is 18.2 Å². The second kappa shape index (κ2) is 8.89. The Morgan fingerprint density at radius 3 is 2.75 bits per heavy atom. The number of hydrogen-bond acceptors (Lipinski definition) is 6. The number of carbonyl (C=O) groups excluding carboxylic acids is 2. The summed E-state index contributed by atoms with van der Waals surface area (Å²) in [4.78, 5) is 31.7. The summed E-state index contributed by atoms with van der Waals surface area (Å²) in [6.45, 7) is 0.479. The third-order valence-corrected chi connectivity index (χ3v) is 4.59. The second-order valence-electron chi connectivity index (χ2n) is 6.65. The number of aliphatic imine (C=N–C) groups is 1. The Labute approximate surface area is 162 Å². The number of carbonyl (C=O) groups is 2. The van der Waals surface area contributed by atoms with E-state index in [-0.39, 0.29) is 19.8 Å². The Balaban J connectivity index is 1.71. The summed E-state index contributed by atoms with van der Waals surface area (Å²) in [7, 11) is 1.58. The molecule has 10 nitrogen and oxygen atoms in total. The summed E-state index contributed by atoms with van der Waals surface area (Å²) in [5.41, 5.74) is 0. The maximum atomic E-state index is 12.4. The Kier molecular flexibility index (Phi) is 6.32. The van der Waals surface area contributed by atoms with E-state index in [9.17, 15) is 14.7 Å². The summed E-state index contributed by atoms with van der Waals surface area (Å²) in [5.74, 6) is 0.583. The number of fused-ring (bicyclic) bond motifs is 1.